The van der Waals surface area contributed by atoms with Gasteiger partial charge in [-0.3, -0.25) is 0 Å². The second kappa shape index (κ2) is 13.1. The number of aryl methyl sites for hydroxylation is 1. The molecule has 2 fully saturated rings. The molecule has 2 aliphatic heterocycles. The Morgan fingerprint density at radius 2 is 1.92 bits per heavy atom. The number of aliphatic hydroxyl groups excluding tert-OH is 1. The van der Waals surface area contributed by atoms with Crippen LogP contribution in [0.15, 0.2) is 42.5 Å². The Morgan fingerprint density at radius 3 is 2.64 bits per heavy atom. The largest absolute Gasteiger partial charge is 0.454 e. The summed E-state index contributed by atoms with van der Waals surface area (Å²) < 4.78 is 26.7. The van der Waals surface area contributed by atoms with Crippen molar-refractivity contribution in [2.24, 2.45) is 5.92 Å². The maximum atomic E-state index is 15.4. The Bertz CT molecular complexity index is 1120. The molecule has 0 spiro atoms. The van der Waals surface area contributed by atoms with Gasteiger partial charge in [0.05, 0.1) is 17.7 Å². The minimum Gasteiger partial charge on any atom is -0.454 e. The molecule has 1 unspecified atom stereocenters. The van der Waals surface area contributed by atoms with Crippen molar-refractivity contribution in [3.63, 3.8) is 0 Å². The first-order valence-electron chi connectivity index (χ1n) is 13.9. The van der Waals surface area contributed by atoms with E-state index in [0.717, 1.165) is 12.0 Å². The van der Waals surface area contributed by atoms with Crippen LogP contribution in [0.25, 0.3) is 0 Å². The number of carbonyl (C=O) groups excluding carboxylic acids is 1. The summed E-state index contributed by atoms with van der Waals surface area (Å²) in [7, 11) is 3.42. The number of amides is 2. The van der Waals surface area contributed by atoms with E-state index in [9.17, 15) is 15.0 Å². The quantitative estimate of drug-likeness (QED) is 0.392. The van der Waals surface area contributed by atoms with Crippen molar-refractivity contribution in [3.8, 4) is 11.5 Å². The maximum absolute atomic E-state index is 15.4. The summed E-state index contributed by atoms with van der Waals surface area (Å²) in [6, 6.07) is 11.8. The number of likely N-dealkylation sites (tertiary alicyclic amines) is 2. The number of unbranched alkanes of at least 4 members (excludes halogenated alkanes) is 1. The second-order valence-corrected chi connectivity index (χ2v) is 10.8. The van der Waals surface area contributed by atoms with Crippen molar-refractivity contribution in [1.82, 2.24) is 15.1 Å². The third-order valence-electron chi connectivity index (χ3n) is 8.19. The molecule has 4 rings (SSSR count). The van der Waals surface area contributed by atoms with Crippen LogP contribution < -0.4 is 10.1 Å². The Kier molecular flexibility index (Phi) is 9.82. The van der Waals surface area contributed by atoms with Crippen LogP contribution in [-0.2, 0) is 10.3 Å². The van der Waals surface area contributed by atoms with E-state index in [1.807, 2.05) is 25.1 Å². The molecule has 2 amide bonds. The van der Waals surface area contributed by atoms with Gasteiger partial charge in [-0.1, -0.05) is 30.3 Å². The number of nitrogens with zero attached hydrogens (tertiary/aromatic N) is 2. The number of ether oxygens (including phenoxy) is 2. The topological polar surface area (TPSA) is 94.5 Å². The van der Waals surface area contributed by atoms with Crippen LogP contribution in [0.4, 0.5) is 9.18 Å². The predicted octanol–water partition coefficient (Wildman–Crippen LogP) is 4.03. The van der Waals surface area contributed by atoms with Gasteiger partial charge in [-0.05, 0) is 63.8 Å². The first-order chi connectivity index (χ1) is 18.8. The van der Waals surface area contributed by atoms with Crippen LogP contribution in [0.3, 0.4) is 0 Å². The third kappa shape index (κ3) is 6.54. The first-order valence-corrected chi connectivity index (χ1v) is 13.9. The molecule has 2 aromatic rings. The number of piperidine rings is 1. The van der Waals surface area contributed by atoms with Gasteiger partial charge in [0.25, 0.3) is 0 Å². The fraction of sp³-hybridized carbons (Fsp3) is 0.567. The average Bonchev–Trinajstić information content (AvgIpc) is 3.33. The van der Waals surface area contributed by atoms with Crippen LogP contribution >= 0.6 is 0 Å². The zero-order valence-corrected chi connectivity index (χ0v) is 23.2. The number of nitrogens with one attached hydrogen (secondary N) is 1. The van der Waals surface area contributed by atoms with Gasteiger partial charge in [-0.15, -0.1) is 0 Å². The number of rotatable bonds is 10. The highest BCUT2D eigenvalue weighted by Crippen LogP contribution is 2.45. The van der Waals surface area contributed by atoms with E-state index in [0.29, 0.717) is 63.2 Å². The number of para-hydroxylation sites is 2. The molecule has 0 aliphatic carbocycles. The molecule has 0 radical (unpaired) electrons. The maximum Gasteiger partial charge on any atom is 0.320 e. The highest BCUT2D eigenvalue weighted by molar-refractivity contribution is 5.75. The molecule has 2 saturated heterocycles. The summed E-state index contributed by atoms with van der Waals surface area (Å²) in [5, 5.41) is 25.8. The fourth-order valence-corrected chi connectivity index (χ4v) is 5.90. The van der Waals surface area contributed by atoms with Crippen LogP contribution in [0.1, 0.15) is 43.2 Å². The minimum absolute atomic E-state index is 0.0176. The zero-order chi connectivity index (χ0) is 28.0. The van der Waals surface area contributed by atoms with Gasteiger partial charge < -0.3 is 34.8 Å². The number of methoxy groups -OCH3 is 1. The monoisotopic (exact) mass is 543 g/mol. The molecule has 214 valence electrons. The highest BCUT2D eigenvalue weighted by atomic mass is 19.1. The fourth-order valence-electron chi connectivity index (χ4n) is 5.90. The van der Waals surface area contributed by atoms with E-state index in [1.54, 1.807) is 42.2 Å². The lowest BCUT2D eigenvalue weighted by Crippen LogP contribution is -2.52. The average molecular weight is 544 g/mol. The third-order valence-corrected chi connectivity index (χ3v) is 8.19. The molecular weight excluding hydrogens is 501 g/mol. The molecule has 2 aliphatic rings. The van der Waals surface area contributed by atoms with Crippen molar-refractivity contribution < 1.29 is 28.9 Å². The van der Waals surface area contributed by atoms with E-state index in [1.165, 1.54) is 6.07 Å². The lowest BCUT2D eigenvalue weighted by atomic mass is 9.73. The molecular formula is C30H42FN3O5. The van der Waals surface area contributed by atoms with Crippen LogP contribution in [0, 0.1) is 18.7 Å². The van der Waals surface area contributed by atoms with Gasteiger partial charge in [0.1, 0.15) is 5.75 Å². The number of β-amino-alcohol motifs (C(OH)–C–C–N with tert-alkyl or cyclic N) is 1. The highest BCUT2D eigenvalue weighted by Gasteiger charge is 2.45. The van der Waals surface area contributed by atoms with E-state index in [4.69, 9.17) is 9.47 Å². The Hall–Kier alpha value is -2.72. The van der Waals surface area contributed by atoms with Crippen molar-refractivity contribution >= 4 is 6.03 Å². The first kappa shape index (κ1) is 29.3. The Labute approximate surface area is 230 Å². The number of hydrogen-bond donors (Lipinski definition) is 3. The van der Waals surface area contributed by atoms with E-state index in [-0.39, 0.29) is 30.3 Å². The molecule has 0 saturated carbocycles. The lowest BCUT2D eigenvalue weighted by molar-refractivity contribution is -0.0590. The van der Waals surface area contributed by atoms with E-state index < -0.39 is 17.5 Å². The Balaban J connectivity index is 1.64. The number of halogens is 1. The molecule has 0 bridgehead atoms. The number of likely N-dealkylation sites (N-methyl/N-ethyl adjacent to an activating group) is 1. The number of carbonyl (C=O) groups is 1. The lowest BCUT2D eigenvalue weighted by Gasteiger charge is -2.44. The van der Waals surface area contributed by atoms with Crippen LogP contribution in [-0.4, -0.2) is 85.1 Å². The van der Waals surface area contributed by atoms with Gasteiger partial charge in [0.15, 0.2) is 11.6 Å². The number of hydrogen-bond acceptors (Lipinski definition) is 6. The molecule has 0 aromatic heterocycles. The zero-order valence-electron chi connectivity index (χ0n) is 23.2. The van der Waals surface area contributed by atoms with Gasteiger partial charge in [-0.25, -0.2) is 9.18 Å². The number of benzene rings is 2. The van der Waals surface area contributed by atoms with Crippen molar-refractivity contribution in [2.75, 3.05) is 46.9 Å². The van der Waals surface area contributed by atoms with Crippen molar-refractivity contribution in [3.05, 3.63) is 59.4 Å². The summed E-state index contributed by atoms with van der Waals surface area (Å²) in [4.78, 5) is 16.9. The summed E-state index contributed by atoms with van der Waals surface area (Å²) in [5.74, 6) is -0.327. The van der Waals surface area contributed by atoms with Gasteiger partial charge in [-0.2, -0.15) is 0 Å². The summed E-state index contributed by atoms with van der Waals surface area (Å²) in [6.45, 7) is 4.05. The molecule has 4 atom stereocenters. The number of aliphatic hydroxyl groups is 2. The molecule has 8 nitrogen and oxygen atoms in total. The standard InChI is InChI=1S/C30H42FN3O5/c1-21-10-4-5-14-27(21)39-28-23(12-8-13-24(28)31)30(37,15-6-7-17-38-3)22-11-9-16-33(18-22)29(36)34-19-25(32-2)26(35)20-34/h4-5,8,10,12-14,22,25-26,32,35,37H,6-7,9,11,15-20H2,1-3H3/t22?,25-,26+,30+/m1/s1. The summed E-state index contributed by atoms with van der Waals surface area (Å²) >= 11 is 0. The Morgan fingerprint density at radius 1 is 1.13 bits per heavy atom. The summed E-state index contributed by atoms with van der Waals surface area (Å²) in [5.41, 5.74) is -0.169. The van der Waals surface area contributed by atoms with Gasteiger partial charge >= 0.3 is 6.03 Å². The molecule has 9 heteroatoms. The van der Waals surface area contributed by atoms with Crippen molar-refractivity contribution in [1.29, 1.82) is 0 Å². The van der Waals surface area contributed by atoms with Gasteiger partial charge in [0, 0.05) is 51.4 Å². The normalized spacial score (nSPS) is 23.1. The molecule has 39 heavy (non-hydrogen) atoms. The van der Waals surface area contributed by atoms with Crippen LogP contribution in [0.2, 0.25) is 0 Å². The smallest absolute Gasteiger partial charge is 0.320 e. The number of urea groups is 1. The van der Waals surface area contributed by atoms with Crippen LogP contribution in [0.5, 0.6) is 11.5 Å². The second-order valence-electron chi connectivity index (χ2n) is 10.8. The summed E-state index contributed by atoms with van der Waals surface area (Å²) in [6.07, 6.45) is 2.57. The van der Waals surface area contributed by atoms with E-state index in [2.05, 4.69) is 5.32 Å². The molecule has 2 heterocycles. The van der Waals surface area contributed by atoms with E-state index >= 15 is 4.39 Å². The van der Waals surface area contributed by atoms with Gasteiger partial charge in [0.2, 0.25) is 0 Å². The molecule has 2 aromatic carbocycles. The molecule has 3 N–H and O–H groups in total. The van der Waals surface area contributed by atoms with Crippen molar-refractivity contribution in [2.45, 2.75) is 56.8 Å². The SMILES string of the molecule is CN[C@@H]1CN(C(=O)N2CCCC([C@@](O)(CCCCOC)c3cccc(F)c3Oc3ccccc3C)C2)C[C@@H]1O. The minimum atomic E-state index is -1.43. The predicted molar refractivity (Wildman–Crippen MR) is 147 cm³/mol.